The lowest BCUT2D eigenvalue weighted by Crippen LogP contribution is -2.45. The maximum Gasteiger partial charge on any atom is 0.220 e. The van der Waals surface area contributed by atoms with Crippen LogP contribution in [0.15, 0.2) is 36.5 Å². The second kappa shape index (κ2) is 48.0. The lowest BCUT2D eigenvalue weighted by Gasteiger charge is -2.22. The smallest absolute Gasteiger partial charge is 0.220 e. The standard InChI is InChI=1S/C52H99NO3/c1-3-5-7-9-11-13-14-15-16-17-18-19-20-21-22-23-24-25-26-27-28-29-30-31-32-33-34-35-36-37-38-40-42-44-46-48-52(56)53-50(49-54)51(55)47-45-43-41-39-12-10-8-6-4-2/h14-15,17-18,20-21,50-51,54-55H,3-13,16,19,22-49H2,1-2H3,(H,53,56)/b15-14-,18-17-,21-20-. The van der Waals surface area contributed by atoms with E-state index in [4.69, 9.17) is 0 Å². The van der Waals surface area contributed by atoms with E-state index in [-0.39, 0.29) is 12.5 Å². The SMILES string of the molecule is CCCCCCC/C=C\C/C=C\C/C=C\CCCCCCCCCCCCCCCCCCCCCCC(=O)NC(CO)C(O)CCCCCCCCCCC. The van der Waals surface area contributed by atoms with Crippen LogP contribution in [0.5, 0.6) is 0 Å². The summed E-state index contributed by atoms with van der Waals surface area (Å²) in [5.74, 6) is -0.0307. The summed E-state index contributed by atoms with van der Waals surface area (Å²) in [6.07, 6.45) is 64.1. The molecule has 0 aliphatic carbocycles. The van der Waals surface area contributed by atoms with E-state index >= 15 is 0 Å². The van der Waals surface area contributed by atoms with Crippen molar-refractivity contribution >= 4 is 5.91 Å². The van der Waals surface area contributed by atoms with E-state index in [1.165, 1.54) is 205 Å². The van der Waals surface area contributed by atoms with Crippen LogP contribution >= 0.6 is 0 Å². The van der Waals surface area contributed by atoms with Crippen molar-refractivity contribution in [1.82, 2.24) is 5.32 Å². The van der Waals surface area contributed by atoms with E-state index in [9.17, 15) is 15.0 Å². The third kappa shape index (κ3) is 43.7. The van der Waals surface area contributed by atoms with Gasteiger partial charge in [0.2, 0.25) is 5.91 Å². The monoisotopic (exact) mass is 786 g/mol. The zero-order valence-corrected chi connectivity index (χ0v) is 37.9. The molecule has 0 saturated heterocycles. The molecule has 2 unspecified atom stereocenters. The molecule has 0 saturated carbocycles. The van der Waals surface area contributed by atoms with Gasteiger partial charge in [0.25, 0.3) is 0 Å². The average Bonchev–Trinajstić information content (AvgIpc) is 3.20. The van der Waals surface area contributed by atoms with Gasteiger partial charge in [0.15, 0.2) is 0 Å². The van der Waals surface area contributed by atoms with Gasteiger partial charge < -0.3 is 15.5 Å². The number of aliphatic hydroxyl groups is 2. The van der Waals surface area contributed by atoms with Gasteiger partial charge in [0, 0.05) is 6.42 Å². The fourth-order valence-electron chi connectivity index (χ4n) is 7.78. The van der Waals surface area contributed by atoms with E-state index < -0.39 is 12.1 Å². The fourth-order valence-corrected chi connectivity index (χ4v) is 7.78. The summed E-state index contributed by atoms with van der Waals surface area (Å²) >= 11 is 0. The van der Waals surface area contributed by atoms with Gasteiger partial charge in [0.05, 0.1) is 18.8 Å². The van der Waals surface area contributed by atoms with Crippen LogP contribution in [0.2, 0.25) is 0 Å². The lowest BCUT2D eigenvalue weighted by molar-refractivity contribution is -0.123. The fraction of sp³-hybridized carbons (Fsp3) is 0.865. The summed E-state index contributed by atoms with van der Waals surface area (Å²) in [7, 11) is 0. The summed E-state index contributed by atoms with van der Waals surface area (Å²) in [6, 6.07) is -0.532. The molecule has 4 heteroatoms. The van der Waals surface area contributed by atoms with Crippen LogP contribution in [-0.4, -0.2) is 34.9 Å². The quantitative estimate of drug-likeness (QED) is 0.0425. The third-order valence-electron chi connectivity index (χ3n) is 11.7. The summed E-state index contributed by atoms with van der Waals surface area (Å²) < 4.78 is 0. The number of hydrogen-bond donors (Lipinski definition) is 3. The van der Waals surface area contributed by atoms with Crippen molar-refractivity contribution in [2.45, 2.75) is 283 Å². The van der Waals surface area contributed by atoms with Crippen LogP contribution in [0.25, 0.3) is 0 Å². The highest BCUT2D eigenvalue weighted by Gasteiger charge is 2.20. The molecule has 0 aromatic rings. The third-order valence-corrected chi connectivity index (χ3v) is 11.7. The molecule has 1 amide bonds. The molecular weight excluding hydrogens is 687 g/mol. The van der Waals surface area contributed by atoms with Crippen molar-refractivity contribution in [2.24, 2.45) is 0 Å². The van der Waals surface area contributed by atoms with E-state index in [1.807, 2.05) is 0 Å². The Bertz CT molecular complexity index is 851. The second-order valence-electron chi connectivity index (χ2n) is 17.2. The van der Waals surface area contributed by atoms with Crippen molar-refractivity contribution in [3.8, 4) is 0 Å². The zero-order chi connectivity index (χ0) is 40.7. The minimum Gasteiger partial charge on any atom is -0.394 e. The molecule has 0 aliphatic heterocycles. The van der Waals surface area contributed by atoms with Crippen LogP contribution in [0.1, 0.15) is 271 Å². The molecule has 0 bridgehead atoms. The summed E-state index contributed by atoms with van der Waals surface area (Å²) in [6.45, 7) is 4.33. The molecule has 3 N–H and O–H groups in total. The van der Waals surface area contributed by atoms with Crippen molar-refractivity contribution < 1.29 is 15.0 Å². The van der Waals surface area contributed by atoms with Crippen LogP contribution < -0.4 is 5.32 Å². The minimum absolute atomic E-state index is 0.0307. The van der Waals surface area contributed by atoms with Crippen molar-refractivity contribution in [2.75, 3.05) is 6.61 Å². The Balaban J connectivity index is 3.38. The topological polar surface area (TPSA) is 69.6 Å². The maximum atomic E-state index is 12.4. The largest absolute Gasteiger partial charge is 0.394 e. The number of amides is 1. The number of unbranched alkanes of at least 4 members (excludes halogenated alkanes) is 33. The number of carbonyl (C=O) groups is 1. The van der Waals surface area contributed by atoms with Gasteiger partial charge in [-0.3, -0.25) is 4.79 Å². The molecule has 0 aromatic carbocycles. The Morgan fingerprint density at radius 1 is 0.429 bits per heavy atom. The van der Waals surface area contributed by atoms with E-state index in [2.05, 4.69) is 55.6 Å². The van der Waals surface area contributed by atoms with Crippen LogP contribution in [0.4, 0.5) is 0 Å². The Kier molecular flexibility index (Phi) is 46.8. The Labute approximate surface area is 351 Å². The van der Waals surface area contributed by atoms with Gasteiger partial charge in [-0.15, -0.1) is 0 Å². The zero-order valence-electron chi connectivity index (χ0n) is 37.9. The van der Waals surface area contributed by atoms with Gasteiger partial charge in [0.1, 0.15) is 0 Å². The highest BCUT2D eigenvalue weighted by Crippen LogP contribution is 2.16. The van der Waals surface area contributed by atoms with E-state index in [1.54, 1.807) is 0 Å². The highest BCUT2D eigenvalue weighted by molar-refractivity contribution is 5.76. The molecule has 4 nitrogen and oxygen atoms in total. The van der Waals surface area contributed by atoms with E-state index in [0.29, 0.717) is 12.8 Å². The van der Waals surface area contributed by atoms with E-state index in [0.717, 1.165) is 38.5 Å². The van der Waals surface area contributed by atoms with Gasteiger partial charge in [-0.2, -0.15) is 0 Å². The lowest BCUT2D eigenvalue weighted by atomic mass is 10.0. The Hall–Kier alpha value is -1.39. The first kappa shape index (κ1) is 54.6. The molecule has 0 fully saturated rings. The molecule has 0 spiro atoms. The van der Waals surface area contributed by atoms with Crippen LogP contribution in [0.3, 0.4) is 0 Å². The normalized spacial score (nSPS) is 13.1. The van der Waals surface area contributed by atoms with Crippen molar-refractivity contribution in [3.05, 3.63) is 36.5 Å². The predicted molar refractivity (Wildman–Crippen MR) is 248 cm³/mol. The van der Waals surface area contributed by atoms with Crippen molar-refractivity contribution in [1.29, 1.82) is 0 Å². The molecule has 0 heterocycles. The van der Waals surface area contributed by atoms with Crippen LogP contribution in [0, 0.1) is 0 Å². The van der Waals surface area contributed by atoms with Gasteiger partial charge in [-0.05, 0) is 51.4 Å². The van der Waals surface area contributed by atoms with Gasteiger partial charge in [-0.25, -0.2) is 0 Å². The second-order valence-corrected chi connectivity index (χ2v) is 17.2. The molecular formula is C52H99NO3. The van der Waals surface area contributed by atoms with Crippen LogP contribution in [-0.2, 0) is 4.79 Å². The molecule has 330 valence electrons. The molecule has 0 radical (unpaired) electrons. The highest BCUT2D eigenvalue weighted by atomic mass is 16.3. The maximum absolute atomic E-state index is 12.4. The first-order valence-electron chi connectivity index (χ1n) is 25.2. The summed E-state index contributed by atoms with van der Waals surface area (Å²) in [5.41, 5.74) is 0. The Morgan fingerprint density at radius 2 is 0.732 bits per heavy atom. The number of allylic oxidation sites excluding steroid dienone is 6. The number of hydrogen-bond acceptors (Lipinski definition) is 3. The number of aliphatic hydroxyl groups excluding tert-OH is 2. The summed E-state index contributed by atoms with van der Waals surface area (Å²) in [5, 5.41) is 23.1. The molecule has 0 rings (SSSR count). The number of rotatable bonds is 46. The summed E-state index contributed by atoms with van der Waals surface area (Å²) in [4.78, 5) is 12.4. The number of carbonyl (C=O) groups excluding carboxylic acids is 1. The molecule has 0 aliphatic rings. The minimum atomic E-state index is -0.655. The first-order chi connectivity index (χ1) is 27.7. The first-order valence-corrected chi connectivity index (χ1v) is 25.2. The molecule has 56 heavy (non-hydrogen) atoms. The van der Waals surface area contributed by atoms with Crippen molar-refractivity contribution in [3.63, 3.8) is 0 Å². The van der Waals surface area contributed by atoms with Gasteiger partial charge >= 0.3 is 0 Å². The molecule has 0 aromatic heterocycles. The molecule has 2 atom stereocenters. The number of nitrogens with one attached hydrogen (secondary N) is 1. The van der Waals surface area contributed by atoms with Gasteiger partial charge in [-0.1, -0.05) is 249 Å². The average molecular weight is 786 g/mol. The Morgan fingerprint density at radius 3 is 1.09 bits per heavy atom. The predicted octanol–water partition coefficient (Wildman–Crippen LogP) is 16.1.